The number of rotatable bonds is 3. The third-order valence-corrected chi connectivity index (χ3v) is 4.94. The van der Waals surface area contributed by atoms with E-state index >= 15 is 0 Å². The van der Waals surface area contributed by atoms with Gasteiger partial charge in [0.2, 0.25) is 11.7 Å². The molecule has 0 aromatic carbocycles. The number of likely N-dealkylation sites (tertiary alicyclic amines) is 1. The van der Waals surface area contributed by atoms with Crippen LogP contribution in [0.1, 0.15) is 50.4 Å². The van der Waals surface area contributed by atoms with E-state index in [0.717, 1.165) is 5.56 Å². The quantitative estimate of drug-likeness (QED) is 0.561. The van der Waals surface area contributed by atoms with Crippen LogP contribution in [-0.2, 0) is 9.47 Å². The fourth-order valence-electron chi connectivity index (χ4n) is 3.37. The molecule has 0 radical (unpaired) electrons. The first-order valence-electron chi connectivity index (χ1n) is 10.6. The Labute approximate surface area is 192 Å². The minimum Gasteiger partial charge on any atom is -0.444 e. The van der Waals surface area contributed by atoms with E-state index in [-0.39, 0.29) is 6.10 Å². The molecule has 0 aliphatic carbocycles. The number of methoxy groups -OCH3 is 1. The SMILES string of the molecule is CO[C@H]1C[C@@H](c2nc(-c3ccc(C#Cc4ccccn4)cn3)no2)N(C(=O)OC(C)(C)C)C1. The number of pyridine rings is 2. The van der Waals surface area contributed by atoms with Gasteiger partial charge in [0.15, 0.2) is 0 Å². The van der Waals surface area contributed by atoms with Crippen molar-refractivity contribution in [2.24, 2.45) is 0 Å². The molecular formula is C24H25N5O4. The molecular weight excluding hydrogens is 422 g/mol. The predicted octanol–water partition coefficient (Wildman–Crippen LogP) is 3.62. The maximum absolute atomic E-state index is 12.7. The average Bonchev–Trinajstić information content (AvgIpc) is 3.45. The molecule has 4 rings (SSSR count). The van der Waals surface area contributed by atoms with E-state index < -0.39 is 17.7 Å². The lowest BCUT2D eigenvalue weighted by Crippen LogP contribution is -2.37. The third kappa shape index (κ3) is 5.54. The molecule has 1 aliphatic rings. The molecule has 0 unspecified atom stereocenters. The van der Waals surface area contributed by atoms with Crippen molar-refractivity contribution in [1.29, 1.82) is 0 Å². The maximum Gasteiger partial charge on any atom is 0.411 e. The Morgan fingerprint density at radius 3 is 2.70 bits per heavy atom. The summed E-state index contributed by atoms with van der Waals surface area (Å²) in [5.74, 6) is 6.67. The first kappa shape index (κ1) is 22.4. The van der Waals surface area contributed by atoms with Crippen molar-refractivity contribution in [2.75, 3.05) is 13.7 Å². The summed E-state index contributed by atoms with van der Waals surface area (Å²) < 4.78 is 16.5. The molecule has 4 heterocycles. The first-order chi connectivity index (χ1) is 15.8. The van der Waals surface area contributed by atoms with Crippen LogP contribution in [0.3, 0.4) is 0 Å². The van der Waals surface area contributed by atoms with Crippen LogP contribution in [0.2, 0.25) is 0 Å². The van der Waals surface area contributed by atoms with Gasteiger partial charge in [-0.15, -0.1) is 0 Å². The Hall–Kier alpha value is -3.77. The second-order valence-electron chi connectivity index (χ2n) is 8.60. The van der Waals surface area contributed by atoms with Crippen LogP contribution in [-0.4, -0.2) is 56.5 Å². The zero-order valence-electron chi connectivity index (χ0n) is 19.0. The number of aromatic nitrogens is 4. The molecule has 0 bridgehead atoms. The van der Waals surface area contributed by atoms with Gasteiger partial charge in [-0.1, -0.05) is 17.1 Å². The second-order valence-corrected chi connectivity index (χ2v) is 8.60. The van der Waals surface area contributed by atoms with Crippen LogP contribution < -0.4 is 0 Å². The van der Waals surface area contributed by atoms with Crippen LogP contribution in [0, 0.1) is 11.8 Å². The highest BCUT2D eigenvalue weighted by Crippen LogP contribution is 2.34. The summed E-state index contributed by atoms with van der Waals surface area (Å²) in [5.41, 5.74) is 1.35. The van der Waals surface area contributed by atoms with Gasteiger partial charge < -0.3 is 14.0 Å². The Morgan fingerprint density at radius 1 is 1.18 bits per heavy atom. The largest absolute Gasteiger partial charge is 0.444 e. The topological polar surface area (TPSA) is 103 Å². The van der Waals surface area contributed by atoms with Crippen LogP contribution in [0.15, 0.2) is 47.2 Å². The number of carbonyl (C=O) groups is 1. The summed E-state index contributed by atoms with van der Waals surface area (Å²) in [5, 5.41) is 4.06. The minimum atomic E-state index is -0.613. The molecule has 0 saturated carbocycles. The van der Waals surface area contributed by atoms with Gasteiger partial charge >= 0.3 is 6.09 Å². The summed E-state index contributed by atoms with van der Waals surface area (Å²) in [6.45, 7) is 5.86. The van der Waals surface area contributed by atoms with E-state index in [1.165, 1.54) is 0 Å². The Kier molecular flexibility index (Phi) is 6.38. The van der Waals surface area contributed by atoms with Gasteiger partial charge in [0.1, 0.15) is 23.0 Å². The number of hydrogen-bond acceptors (Lipinski definition) is 8. The number of amides is 1. The van der Waals surface area contributed by atoms with Crippen molar-refractivity contribution in [1.82, 2.24) is 25.0 Å². The second kappa shape index (κ2) is 9.38. The molecule has 3 aromatic heterocycles. The summed E-state index contributed by atoms with van der Waals surface area (Å²) in [6, 6.07) is 8.74. The van der Waals surface area contributed by atoms with Gasteiger partial charge in [-0.3, -0.25) is 9.88 Å². The number of ether oxygens (including phenoxy) is 2. The monoisotopic (exact) mass is 447 g/mol. The molecule has 0 N–H and O–H groups in total. The van der Waals surface area contributed by atoms with Crippen molar-refractivity contribution in [3.05, 3.63) is 59.9 Å². The molecule has 1 amide bonds. The van der Waals surface area contributed by atoms with Gasteiger partial charge in [-0.25, -0.2) is 9.78 Å². The summed E-state index contributed by atoms with van der Waals surface area (Å²) in [4.78, 5) is 27.3. The van der Waals surface area contributed by atoms with E-state index in [2.05, 4.69) is 31.9 Å². The maximum atomic E-state index is 12.7. The number of nitrogens with zero attached hydrogens (tertiary/aromatic N) is 5. The highest BCUT2D eigenvalue weighted by Gasteiger charge is 2.41. The molecule has 9 heteroatoms. The van der Waals surface area contributed by atoms with Crippen molar-refractivity contribution in [3.63, 3.8) is 0 Å². The van der Waals surface area contributed by atoms with Gasteiger partial charge in [-0.05, 0) is 51.0 Å². The molecule has 3 aromatic rings. The lowest BCUT2D eigenvalue weighted by Gasteiger charge is -2.26. The van der Waals surface area contributed by atoms with Gasteiger partial charge in [0.05, 0.1) is 12.6 Å². The lowest BCUT2D eigenvalue weighted by molar-refractivity contribution is 0.0174. The zero-order chi connectivity index (χ0) is 23.4. The van der Waals surface area contributed by atoms with E-state index in [1.807, 2.05) is 45.0 Å². The summed E-state index contributed by atoms with van der Waals surface area (Å²) in [6.07, 6.45) is 3.29. The third-order valence-electron chi connectivity index (χ3n) is 4.94. The van der Waals surface area contributed by atoms with E-state index in [1.54, 1.807) is 30.5 Å². The van der Waals surface area contributed by atoms with E-state index in [0.29, 0.717) is 36.1 Å². The summed E-state index contributed by atoms with van der Waals surface area (Å²) >= 11 is 0. The Bertz CT molecular complexity index is 1160. The number of carbonyl (C=O) groups excluding carboxylic acids is 1. The molecule has 1 fully saturated rings. The van der Waals surface area contributed by atoms with Crippen molar-refractivity contribution in [2.45, 2.75) is 44.9 Å². The molecule has 170 valence electrons. The van der Waals surface area contributed by atoms with Crippen molar-refractivity contribution < 1.29 is 18.8 Å². The fourth-order valence-corrected chi connectivity index (χ4v) is 3.37. The molecule has 1 aliphatic heterocycles. The number of hydrogen-bond donors (Lipinski definition) is 0. The van der Waals surface area contributed by atoms with Crippen molar-refractivity contribution >= 4 is 6.09 Å². The van der Waals surface area contributed by atoms with Crippen molar-refractivity contribution in [3.8, 4) is 23.4 Å². The Morgan fingerprint density at radius 2 is 2.03 bits per heavy atom. The molecule has 9 nitrogen and oxygen atoms in total. The highest BCUT2D eigenvalue weighted by molar-refractivity contribution is 5.69. The molecule has 33 heavy (non-hydrogen) atoms. The van der Waals surface area contributed by atoms with Crippen LogP contribution in [0.5, 0.6) is 0 Å². The van der Waals surface area contributed by atoms with Crippen LogP contribution >= 0.6 is 0 Å². The average molecular weight is 447 g/mol. The zero-order valence-corrected chi connectivity index (χ0v) is 19.0. The molecule has 0 spiro atoms. The standard InChI is InChI=1S/C24H25N5O4/c1-24(2,3)32-23(30)29-15-18(31-4)13-20(29)22-27-21(28-33-22)19-11-9-16(14-26-19)8-10-17-7-5-6-12-25-17/h5-7,9,11-12,14,18,20H,13,15H2,1-4H3/t18-,20-/m0/s1. The van der Waals surface area contributed by atoms with Gasteiger partial charge in [0.25, 0.3) is 0 Å². The van der Waals surface area contributed by atoms with Crippen LogP contribution in [0.25, 0.3) is 11.5 Å². The van der Waals surface area contributed by atoms with E-state index in [4.69, 9.17) is 14.0 Å². The highest BCUT2D eigenvalue weighted by atomic mass is 16.6. The summed E-state index contributed by atoms with van der Waals surface area (Å²) in [7, 11) is 1.61. The van der Waals surface area contributed by atoms with Gasteiger partial charge in [-0.2, -0.15) is 4.98 Å². The normalized spacial score (nSPS) is 18.0. The minimum absolute atomic E-state index is 0.145. The smallest absolute Gasteiger partial charge is 0.411 e. The van der Waals surface area contributed by atoms with Crippen LogP contribution in [0.4, 0.5) is 4.79 Å². The first-order valence-corrected chi connectivity index (χ1v) is 10.6. The molecule has 1 saturated heterocycles. The predicted molar refractivity (Wildman–Crippen MR) is 119 cm³/mol. The lowest BCUT2D eigenvalue weighted by atomic mass is 10.2. The van der Waals surface area contributed by atoms with E-state index in [9.17, 15) is 4.79 Å². The van der Waals surface area contributed by atoms with Gasteiger partial charge in [0, 0.05) is 31.5 Å². The fraction of sp³-hybridized carbons (Fsp3) is 0.375. The molecule has 2 atom stereocenters. The Balaban J connectivity index is 1.50.